The summed E-state index contributed by atoms with van der Waals surface area (Å²) in [5, 5.41) is 9.08. The average molecular weight is 353 g/mol. The number of rotatable bonds is 4. The Morgan fingerprint density at radius 3 is 2.52 bits per heavy atom. The molecule has 0 bridgehead atoms. The summed E-state index contributed by atoms with van der Waals surface area (Å²) in [6.07, 6.45) is 0. The lowest BCUT2D eigenvalue weighted by Crippen LogP contribution is -2.47. The fourth-order valence-electron chi connectivity index (χ4n) is 2.71. The van der Waals surface area contributed by atoms with E-state index >= 15 is 0 Å². The number of aromatic nitrogens is 4. The molecule has 23 heavy (non-hydrogen) atoms. The highest BCUT2D eigenvalue weighted by molar-refractivity contribution is 7.71. The Balaban J connectivity index is 1.60. The summed E-state index contributed by atoms with van der Waals surface area (Å²) in [5.41, 5.74) is 1.18. The Bertz CT molecular complexity index is 717. The van der Waals surface area contributed by atoms with Crippen LogP contribution in [-0.4, -0.2) is 50.9 Å². The van der Waals surface area contributed by atoms with E-state index in [0.29, 0.717) is 11.4 Å². The molecule has 0 saturated carbocycles. The van der Waals surface area contributed by atoms with Crippen molar-refractivity contribution in [3.63, 3.8) is 0 Å². The number of hydrogen-bond acceptors (Lipinski definition) is 5. The number of halogens is 1. The molecule has 1 fully saturated rings. The third kappa shape index (κ3) is 3.73. The van der Waals surface area contributed by atoms with Crippen molar-refractivity contribution >= 4 is 29.5 Å². The lowest BCUT2D eigenvalue weighted by Gasteiger charge is -2.35. The Labute approximate surface area is 146 Å². The van der Waals surface area contributed by atoms with E-state index in [-0.39, 0.29) is 6.04 Å². The second-order valence-corrected chi connectivity index (χ2v) is 6.83. The van der Waals surface area contributed by atoms with Gasteiger partial charge in [-0.2, -0.15) is 0 Å². The molecule has 2 heterocycles. The quantitative estimate of drug-likeness (QED) is 0.791. The lowest BCUT2D eigenvalue weighted by atomic mass is 10.2. The van der Waals surface area contributed by atoms with E-state index in [1.807, 2.05) is 18.2 Å². The zero-order valence-electron chi connectivity index (χ0n) is 13.4. The van der Waals surface area contributed by atoms with Crippen molar-refractivity contribution < 1.29 is 0 Å². The zero-order chi connectivity index (χ0) is 16.4. The van der Waals surface area contributed by atoms with Crippen molar-refractivity contribution in [3.8, 4) is 0 Å². The summed E-state index contributed by atoms with van der Waals surface area (Å²) in [5.74, 6) is 0. The second kappa shape index (κ2) is 6.98. The van der Waals surface area contributed by atoms with Crippen LogP contribution in [0.2, 0.25) is 5.02 Å². The van der Waals surface area contributed by atoms with Gasteiger partial charge in [-0.1, -0.05) is 17.7 Å². The SMILES string of the molecule is CC(C)n1nnn(CN2CCN(c3cccc(Cl)c3)CC2)c1=S. The van der Waals surface area contributed by atoms with Crippen molar-refractivity contribution in [2.24, 2.45) is 0 Å². The Morgan fingerprint density at radius 2 is 1.91 bits per heavy atom. The molecule has 0 spiro atoms. The van der Waals surface area contributed by atoms with Crippen molar-refractivity contribution in [1.82, 2.24) is 24.7 Å². The van der Waals surface area contributed by atoms with Crippen molar-refractivity contribution in [2.45, 2.75) is 26.6 Å². The van der Waals surface area contributed by atoms with Crippen LogP contribution in [0, 0.1) is 4.77 Å². The molecule has 1 aliphatic heterocycles. The molecular formula is C15H21ClN6S. The van der Waals surface area contributed by atoms with Crippen LogP contribution in [-0.2, 0) is 6.67 Å². The number of hydrogen-bond donors (Lipinski definition) is 0. The maximum Gasteiger partial charge on any atom is 0.217 e. The highest BCUT2D eigenvalue weighted by Gasteiger charge is 2.18. The van der Waals surface area contributed by atoms with Gasteiger partial charge in [-0.05, 0) is 54.7 Å². The van der Waals surface area contributed by atoms with Gasteiger partial charge in [0.1, 0.15) is 0 Å². The molecule has 8 heteroatoms. The molecule has 1 saturated heterocycles. The van der Waals surface area contributed by atoms with Gasteiger partial charge in [0.05, 0.1) is 12.7 Å². The summed E-state index contributed by atoms with van der Waals surface area (Å²) in [6, 6.07) is 8.25. The van der Waals surface area contributed by atoms with Gasteiger partial charge in [-0.25, -0.2) is 9.36 Å². The van der Waals surface area contributed by atoms with Crippen molar-refractivity contribution in [1.29, 1.82) is 0 Å². The highest BCUT2D eigenvalue weighted by atomic mass is 35.5. The molecule has 1 aromatic heterocycles. The molecule has 1 aliphatic rings. The molecule has 0 radical (unpaired) electrons. The summed E-state index contributed by atoms with van der Waals surface area (Å²) in [4.78, 5) is 4.70. The monoisotopic (exact) mass is 352 g/mol. The first kappa shape index (κ1) is 16.4. The largest absolute Gasteiger partial charge is 0.369 e. The third-order valence-electron chi connectivity index (χ3n) is 4.03. The Hall–Kier alpha value is -1.44. The maximum atomic E-state index is 6.08. The van der Waals surface area contributed by atoms with Crippen molar-refractivity contribution in [3.05, 3.63) is 34.1 Å². The number of tetrazole rings is 1. The van der Waals surface area contributed by atoms with Crippen molar-refractivity contribution in [2.75, 3.05) is 31.1 Å². The molecule has 1 aromatic carbocycles. The first-order valence-corrected chi connectivity index (χ1v) is 8.58. The van der Waals surface area contributed by atoms with Crippen LogP contribution in [0.15, 0.2) is 24.3 Å². The van der Waals surface area contributed by atoms with Gasteiger partial charge in [0, 0.05) is 36.9 Å². The summed E-state index contributed by atoms with van der Waals surface area (Å²) in [6.45, 7) is 8.65. The van der Waals surface area contributed by atoms with E-state index in [1.54, 1.807) is 9.36 Å². The van der Waals surface area contributed by atoms with Gasteiger partial charge < -0.3 is 4.90 Å². The van der Waals surface area contributed by atoms with Gasteiger partial charge in [0.2, 0.25) is 4.77 Å². The Kier molecular flexibility index (Phi) is 4.99. The molecule has 0 atom stereocenters. The molecule has 3 rings (SSSR count). The fourth-order valence-corrected chi connectivity index (χ4v) is 3.23. The highest BCUT2D eigenvalue weighted by Crippen LogP contribution is 2.20. The van der Waals surface area contributed by atoms with Gasteiger partial charge >= 0.3 is 0 Å². The van der Waals surface area contributed by atoms with E-state index in [1.165, 1.54) is 5.69 Å². The number of benzene rings is 1. The summed E-state index contributed by atoms with van der Waals surface area (Å²) >= 11 is 11.5. The normalized spacial score (nSPS) is 16.3. The van der Waals surface area contributed by atoms with Crippen LogP contribution in [0.4, 0.5) is 5.69 Å². The molecule has 0 N–H and O–H groups in total. The minimum atomic E-state index is 0.232. The molecule has 6 nitrogen and oxygen atoms in total. The van der Waals surface area contributed by atoms with E-state index in [4.69, 9.17) is 23.8 Å². The molecule has 2 aromatic rings. The molecule has 0 unspecified atom stereocenters. The number of anilines is 1. The second-order valence-electron chi connectivity index (χ2n) is 6.03. The minimum Gasteiger partial charge on any atom is -0.369 e. The van der Waals surface area contributed by atoms with Crippen LogP contribution >= 0.6 is 23.8 Å². The predicted molar refractivity (Wildman–Crippen MR) is 94.5 cm³/mol. The molecule has 124 valence electrons. The van der Waals surface area contributed by atoms with Crippen LogP contribution in [0.25, 0.3) is 0 Å². The standard InChI is InChI=1S/C15H21ClN6S/c1-12(2)22-15(23)21(17-18-22)11-19-6-8-20(9-7-19)14-5-3-4-13(16)10-14/h3-5,10,12H,6-9,11H2,1-2H3. The molecule has 0 aliphatic carbocycles. The van der Waals surface area contributed by atoms with Gasteiger partial charge in [-0.3, -0.25) is 4.90 Å². The first-order valence-electron chi connectivity index (χ1n) is 7.80. The minimum absolute atomic E-state index is 0.232. The van der Waals surface area contributed by atoms with E-state index in [2.05, 4.69) is 40.1 Å². The van der Waals surface area contributed by atoms with E-state index in [0.717, 1.165) is 31.2 Å². The van der Waals surface area contributed by atoms with Gasteiger partial charge in [0.25, 0.3) is 0 Å². The lowest BCUT2D eigenvalue weighted by molar-refractivity contribution is 0.192. The number of piperazine rings is 1. The van der Waals surface area contributed by atoms with Gasteiger partial charge in [0.15, 0.2) is 0 Å². The summed E-state index contributed by atoms with van der Waals surface area (Å²) < 4.78 is 4.25. The average Bonchev–Trinajstić information content (AvgIpc) is 2.89. The van der Waals surface area contributed by atoms with Crippen LogP contribution in [0.1, 0.15) is 19.9 Å². The Morgan fingerprint density at radius 1 is 1.17 bits per heavy atom. The smallest absolute Gasteiger partial charge is 0.217 e. The molecular weight excluding hydrogens is 332 g/mol. The van der Waals surface area contributed by atoms with Crippen LogP contribution in [0.5, 0.6) is 0 Å². The zero-order valence-corrected chi connectivity index (χ0v) is 15.0. The first-order chi connectivity index (χ1) is 11.0. The van der Waals surface area contributed by atoms with E-state index < -0.39 is 0 Å². The summed E-state index contributed by atoms with van der Waals surface area (Å²) in [7, 11) is 0. The molecule has 0 amide bonds. The van der Waals surface area contributed by atoms with E-state index in [9.17, 15) is 0 Å². The van der Waals surface area contributed by atoms with Crippen LogP contribution in [0.3, 0.4) is 0 Å². The third-order valence-corrected chi connectivity index (χ3v) is 4.66. The maximum absolute atomic E-state index is 6.08. The topological polar surface area (TPSA) is 42.1 Å². The predicted octanol–water partition coefficient (Wildman–Crippen LogP) is 2.82. The fraction of sp³-hybridized carbons (Fsp3) is 0.533. The number of nitrogens with zero attached hydrogens (tertiary/aromatic N) is 6. The van der Waals surface area contributed by atoms with Gasteiger partial charge in [-0.15, -0.1) is 0 Å². The van der Waals surface area contributed by atoms with Crippen LogP contribution < -0.4 is 4.90 Å².